The molecule has 0 aliphatic heterocycles. The lowest BCUT2D eigenvalue weighted by atomic mass is 10.3. The van der Waals surface area contributed by atoms with E-state index in [1.165, 1.54) is 23.7 Å². The van der Waals surface area contributed by atoms with Gasteiger partial charge in [-0.2, -0.15) is 5.26 Å². The smallest absolute Gasteiger partial charge is 0.189 e. The van der Waals surface area contributed by atoms with Crippen LogP contribution in [0.2, 0.25) is 5.02 Å². The van der Waals surface area contributed by atoms with Crippen molar-refractivity contribution in [3.63, 3.8) is 0 Å². The van der Waals surface area contributed by atoms with E-state index in [4.69, 9.17) is 16.9 Å². The molecule has 5 nitrogen and oxygen atoms in total. The van der Waals surface area contributed by atoms with E-state index in [2.05, 4.69) is 20.3 Å². The highest BCUT2D eigenvalue weighted by atomic mass is 35.5. The van der Waals surface area contributed by atoms with Crippen molar-refractivity contribution in [2.45, 2.75) is 0 Å². The van der Waals surface area contributed by atoms with Crippen LogP contribution in [0.5, 0.6) is 0 Å². The maximum absolute atomic E-state index is 8.95. The van der Waals surface area contributed by atoms with Gasteiger partial charge in [0.2, 0.25) is 0 Å². The van der Waals surface area contributed by atoms with Gasteiger partial charge in [0.15, 0.2) is 16.6 Å². The third-order valence-corrected chi connectivity index (χ3v) is 3.55. The maximum Gasteiger partial charge on any atom is 0.189 e. The van der Waals surface area contributed by atoms with Crippen LogP contribution in [0.1, 0.15) is 5.69 Å². The molecule has 7 heteroatoms. The van der Waals surface area contributed by atoms with Gasteiger partial charge in [0, 0.05) is 17.4 Å². The minimum atomic E-state index is 0.236. The third kappa shape index (κ3) is 2.34. The highest BCUT2D eigenvalue weighted by Crippen LogP contribution is 2.30. The van der Waals surface area contributed by atoms with Crippen LogP contribution in [0.4, 0.5) is 10.9 Å². The van der Waals surface area contributed by atoms with Gasteiger partial charge < -0.3 is 5.32 Å². The van der Waals surface area contributed by atoms with Crippen LogP contribution in [0.15, 0.2) is 30.6 Å². The Morgan fingerprint density at radius 1 is 1.26 bits per heavy atom. The summed E-state index contributed by atoms with van der Waals surface area (Å²) in [5.41, 5.74) is 1.08. The lowest BCUT2D eigenvalue weighted by Crippen LogP contribution is -1.97. The van der Waals surface area contributed by atoms with Crippen molar-refractivity contribution in [1.29, 1.82) is 5.26 Å². The average Bonchev–Trinajstić information content (AvgIpc) is 2.80. The van der Waals surface area contributed by atoms with Crippen molar-refractivity contribution < 1.29 is 0 Å². The first-order valence-corrected chi connectivity index (χ1v) is 6.50. The zero-order valence-corrected chi connectivity index (χ0v) is 11.0. The molecule has 2 heterocycles. The van der Waals surface area contributed by atoms with E-state index in [9.17, 15) is 0 Å². The van der Waals surface area contributed by atoms with Gasteiger partial charge in [-0.3, -0.25) is 0 Å². The molecule has 1 N–H and O–H groups in total. The van der Waals surface area contributed by atoms with Crippen LogP contribution in [0, 0.1) is 11.3 Å². The number of fused-ring (bicyclic) bond motifs is 1. The first kappa shape index (κ1) is 11.8. The molecule has 0 aliphatic rings. The molecule has 0 bridgehead atoms. The summed E-state index contributed by atoms with van der Waals surface area (Å²) in [7, 11) is 0. The van der Waals surface area contributed by atoms with E-state index in [1.54, 1.807) is 6.07 Å². The highest BCUT2D eigenvalue weighted by molar-refractivity contribution is 7.22. The van der Waals surface area contributed by atoms with Crippen molar-refractivity contribution >= 4 is 44.1 Å². The van der Waals surface area contributed by atoms with E-state index in [1.807, 2.05) is 18.2 Å². The van der Waals surface area contributed by atoms with Gasteiger partial charge in [0.1, 0.15) is 6.07 Å². The molecule has 0 saturated heterocycles. The minimum Gasteiger partial charge on any atom is -0.314 e. The Balaban J connectivity index is 1.99. The van der Waals surface area contributed by atoms with E-state index in [0.717, 1.165) is 10.2 Å². The van der Waals surface area contributed by atoms with Crippen molar-refractivity contribution in [1.82, 2.24) is 15.0 Å². The topological polar surface area (TPSA) is 74.5 Å². The zero-order chi connectivity index (χ0) is 13.2. The number of aromatic nitrogens is 3. The predicted octanol–water partition coefficient (Wildman–Crippen LogP) is 3.35. The highest BCUT2D eigenvalue weighted by Gasteiger charge is 2.08. The molecule has 92 valence electrons. The lowest BCUT2D eigenvalue weighted by molar-refractivity contribution is 1.16. The molecule has 0 unspecified atom stereocenters. The summed E-state index contributed by atoms with van der Waals surface area (Å²) in [6.07, 6.45) is 3.00. The standard InChI is InChI=1S/C12H6ClN5S/c13-7-1-2-8-10(5-7)19-12(17-8)18-11-9(6-14)15-3-4-16-11/h1-5H,(H,16,17,18). The molecular formula is C12H6ClN5S. The predicted molar refractivity (Wildman–Crippen MR) is 74.7 cm³/mol. The third-order valence-electron chi connectivity index (χ3n) is 2.38. The number of nitrogens with one attached hydrogen (secondary N) is 1. The molecule has 0 aliphatic carbocycles. The van der Waals surface area contributed by atoms with Crippen molar-refractivity contribution in [2.75, 3.05) is 5.32 Å². The molecule has 2 aromatic heterocycles. The van der Waals surface area contributed by atoms with E-state index >= 15 is 0 Å². The first-order valence-electron chi connectivity index (χ1n) is 5.30. The number of halogens is 1. The maximum atomic E-state index is 8.95. The summed E-state index contributed by atoms with van der Waals surface area (Å²) in [4.78, 5) is 12.4. The van der Waals surface area contributed by atoms with Gasteiger partial charge >= 0.3 is 0 Å². The molecule has 0 atom stereocenters. The second-order valence-electron chi connectivity index (χ2n) is 3.62. The van der Waals surface area contributed by atoms with Crippen LogP contribution in [-0.2, 0) is 0 Å². The van der Waals surface area contributed by atoms with Gasteiger partial charge in [-0.15, -0.1) is 0 Å². The summed E-state index contributed by atoms with van der Waals surface area (Å²) in [5, 5.41) is 13.3. The number of nitrogens with zero attached hydrogens (tertiary/aromatic N) is 4. The molecule has 3 rings (SSSR count). The fourth-order valence-electron chi connectivity index (χ4n) is 1.56. The van der Waals surface area contributed by atoms with Crippen LogP contribution in [-0.4, -0.2) is 15.0 Å². The van der Waals surface area contributed by atoms with Crippen molar-refractivity contribution in [3.05, 3.63) is 41.3 Å². The summed E-state index contributed by atoms with van der Waals surface area (Å²) < 4.78 is 0.970. The molecule has 0 fully saturated rings. The van der Waals surface area contributed by atoms with E-state index in [-0.39, 0.29) is 5.69 Å². The van der Waals surface area contributed by atoms with Gasteiger partial charge in [-0.05, 0) is 18.2 Å². The summed E-state index contributed by atoms with van der Waals surface area (Å²) in [6, 6.07) is 7.46. The van der Waals surface area contributed by atoms with Crippen LogP contribution >= 0.6 is 22.9 Å². The quantitative estimate of drug-likeness (QED) is 0.782. The summed E-state index contributed by atoms with van der Waals surface area (Å²) in [5.74, 6) is 0.398. The minimum absolute atomic E-state index is 0.236. The Kier molecular flexibility index (Phi) is 2.99. The fourth-order valence-corrected chi connectivity index (χ4v) is 2.71. The molecule has 1 aromatic carbocycles. The summed E-state index contributed by atoms with van der Waals surface area (Å²) in [6.45, 7) is 0. The Bertz CT molecular complexity index is 792. The average molecular weight is 288 g/mol. The monoisotopic (exact) mass is 287 g/mol. The van der Waals surface area contributed by atoms with Gasteiger partial charge in [-0.1, -0.05) is 22.9 Å². The van der Waals surface area contributed by atoms with Crippen LogP contribution in [0.25, 0.3) is 10.2 Å². The molecular weight excluding hydrogens is 282 g/mol. The van der Waals surface area contributed by atoms with Gasteiger partial charge in [0.05, 0.1) is 10.2 Å². The SMILES string of the molecule is N#Cc1nccnc1Nc1nc2ccc(Cl)cc2s1. The largest absolute Gasteiger partial charge is 0.314 e. The normalized spacial score (nSPS) is 10.3. The molecule has 19 heavy (non-hydrogen) atoms. The fraction of sp³-hybridized carbons (Fsp3) is 0. The van der Waals surface area contributed by atoms with Gasteiger partial charge in [-0.25, -0.2) is 15.0 Å². The first-order chi connectivity index (χ1) is 9.26. The zero-order valence-electron chi connectivity index (χ0n) is 9.46. The number of benzene rings is 1. The molecule has 0 saturated carbocycles. The Morgan fingerprint density at radius 3 is 2.95 bits per heavy atom. The van der Waals surface area contributed by atoms with E-state index in [0.29, 0.717) is 16.0 Å². The lowest BCUT2D eigenvalue weighted by Gasteiger charge is -2.01. The molecule has 3 aromatic rings. The summed E-state index contributed by atoms with van der Waals surface area (Å²) >= 11 is 7.37. The Morgan fingerprint density at radius 2 is 2.11 bits per heavy atom. The molecule has 0 spiro atoms. The molecule has 0 radical (unpaired) electrons. The Hall–Kier alpha value is -2.23. The number of thiazole rings is 1. The second-order valence-corrected chi connectivity index (χ2v) is 5.09. The Labute approximate surface area is 117 Å². The number of anilines is 2. The van der Waals surface area contributed by atoms with Crippen molar-refractivity contribution in [3.8, 4) is 6.07 Å². The van der Waals surface area contributed by atoms with Crippen LogP contribution in [0.3, 0.4) is 0 Å². The van der Waals surface area contributed by atoms with Gasteiger partial charge in [0.25, 0.3) is 0 Å². The number of rotatable bonds is 2. The number of hydrogen-bond donors (Lipinski definition) is 1. The van der Waals surface area contributed by atoms with Crippen LogP contribution < -0.4 is 5.32 Å². The number of nitriles is 1. The molecule has 0 amide bonds. The second kappa shape index (κ2) is 4.80. The number of hydrogen-bond acceptors (Lipinski definition) is 6. The van der Waals surface area contributed by atoms with E-state index < -0.39 is 0 Å². The van der Waals surface area contributed by atoms with Crippen molar-refractivity contribution in [2.24, 2.45) is 0 Å².